The van der Waals surface area contributed by atoms with Crippen LogP contribution in [0.25, 0.3) is 11.0 Å². The van der Waals surface area contributed by atoms with Gasteiger partial charge in [0, 0.05) is 61.1 Å². The van der Waals surface area contributed by atoms with E-state index in [0.717, 1.165) is 60.5 Å². The molecule has 1 aromatic heterocycles. The first-order valence-corrected chi connectivity index (χ1v) is 15.4. The van der Waals surface area contributed by atoms with Gasteiger partial charge in [-0.25, -0.2) is 9.37 Å². The number of carbonyl (C=O) groups is 1. The molecule has 0 unspecified atom stereocenters. The lowest BCUT2D eigenvalue weighted by molar-refractivity contribution is -0.128. The Hall–Kier alpha value is -3.13. The summed E-state index contributed by atoms with van der Waals surface area (Å²) in [6.07, 6.45) is 3.72. The SMILES string of the molecule is Cc1nc2cc(N(C)C)ccc2n1CC[C@H]1C[C@H](c2cccc(Cl)c2F)[C@]2(C(=O)Nc3cc(Cl)ccc32)N1CC1CC1. The van der Waals surface area contributed by atoms with Crippen LogP contribution >= 0.6 is 23.2 Å². The molecule has 6 nitrogen and oxygen atoms in total. The van der Waals surface area contributed by atoms with Gasteiger partial charge < -0.3 is 14.8 Å². The van der Waals surface area contributed by atoms with E-state index in [-0.39, 0.29) is 17.0 Å². The van der Waals surface area contributed by atoms with Crippen molar-refractivity contribution in [1.82, 2.24) is 14.5 Å². The number of aromatic nitrogens is 2. The number of amides is 1. The molecule has 1 N–H and O–H groups in total. The highest BCUT2D eigenvalue weighted by atomic mass is 35.5. The van der Waals surface area contributed by atoms with Gasteiger partial charge in [0.05, 0.1) is 16.1 Å². The van der Waals surface area contributed by atoms with E-state index in [1.165, 1.54) is 0 Å². The fourth-order valence-corrected chi connectivity index (χ4v) is 7.70. The van der Waals surface area contributed by atoms with Crippen LogP contribution in [0.5, 0.6) is 0 Å². The van der Waals surface area contributed by atoms with Gasteiger partial charge in [0.15, 0.2) is 0 Å². The molecule has 1 spiro atoms. The second kappa shape index (κ2) is 10.2. The average molecular weight is 607 g/mol. The number of fused-ring (bicyclic) bond motifs is 3. The van der Waals surface area contributed by atoms with Gasteiger partial charge in [-0.2, -0.15) is 0 Å². The number of nitrogens with one attached hydrogen (secondary N) is 1. The summed E-state index contributed by atoms with van der Waals surface area (Å²) >= 11 is 12.7. The number of anilines is 2. The smallest absolute Gasteiger partial charge is 0.250 e. The minimum Gasteiger partial charge on any atom is -0.378 e. The van der Waals surface area contributed by atoms with Gasteiger partial charge >= 0.3 is 0 Å². The number of aryl methyl sites for hydroxylation is 2. The Kier molecular flexibility index (Phi) is 6.76. The summed E-state index contributed by atoms with van der Waals surface area (Å²) in [4.78, 5) is 23.6. The molecule has 1 saturated carbocycles. The van der Waals surface area contributed by atoms with E-state index in [1.54, 1.807) is 24.3 Å². The maximum atomic E-state index is 15.8. The molecule has 3 atom stereocenters. The van der Waals surface area contributed by atoms with Crippen molar-refractivity contribution in [2.24, 2.45) is 5.92 Å². The largest absolute Gasteiger partial charge is 0.378 e. The number of imidazole rings is 1. The molecule has 1 amide bonds. The quantitative estimate of drug-likeness (QED) is 0.239. The van der Waals surface area contributed by atoms with E-state index in [9.17, 15) is 4.79 Å². The van der Waals surface area contributed by atoms with Crippen molar-refractivity contribution in [2.45, 2.75) is 56.7 Å². The molecule has 9 heteroatoms. The lowest BCUT2D eigenvalue weighted by atomic mass is 9.75. The molecule has 1 saturated heterocycles. The van der Waals surface area contributed by atoms with Crippen molar-refractivity contribution in [2.75, 3.05) is 30.9 Å². The first kappa shape index (κ1) is 27.7. The Morgan fingerprint density at radius 2 is 1.93 bits per heavy atom. The Bertz CT molecular complexity index is 1720. The van der Waals surface area contributed by atoms with Crippen molar-refractivity contribution < 1.29 is 9.18 Å². The molecular weight excluding hydrogens is 572 g/mol. The van der Waals surface area contributed by atoms with Gasteiger partial charge in [-0.1, -0.05) is 41.4 Å². The number of nitrogens with zero attached hydrogens (tertiary/aromatic N) is 4. The summed E-state index contributed by atoms with van der Waals surface area (Å²) in [7, 11) is 4.06. The Morgan fingerprint density at radius 1 is 1.12 bits per heavy atom. The summed E-state index contributed by atoms with van der Waals surface area (Å²) in [6, 6.07) is 17.1. The van der Waals surface area contributed by atoms with Crippen LogP contribution in [0.3, 0.4) is 0 Å². The third-order valence-electron chi connectivity index (χ3n) is 9.53. The summed E-state index contributed by atoms with van der Waals surface area (Å²) in [6.45, 7) is 3.57. The highest BCUT2D eigenvalue weighted by Crippen LogP contribution is 2.59. The van der Waals surface area contributed by atoms with Gasteiger partial charge in [-0.05, 0) is 80.5 Å². The first-order valence-electron chi connectivity index (χ1n) is 14.6. The topological polar surface area (TPSA) is 53.4 Å². The molecule has 2 fully saturated rings. The standard InChI is InChI=1S/C33H34Cl2FN5O/c1-19-37-29-17-22(39(2)3)10-12-30(29)40(19)14-13-23-16-26(24-5-4-6-27(35)31(24)36)33(41(23)18-20-7-8-20)25-11-9-21(34)15-28(25)38-32(33)42/h4-6,9-12,15,17,20,23,26H,7-8,13-14,16,18H2,1-3H3,(H,38,42)/t23-,26+,33+/m0/s1. The van der Waals surface area contributed by atoms with Crippen LogP contribution in [0.2, 0.25) is 10.0 Å². The van der Waals surface area contributed by atoms with E-state index in [2.05, 4.69) is 37.9 Å². The minimum absolute atomic E-state index is 0.0410. The fraction of sp³-hybridized carbons (Fsp3) is 0.394. The van der Waals surface area contributed by atoms with Gasteiger partial charge in [0.25, 0.3) is 0 Å². The van der Waals surface area contributed by atoms with Crippen LogP contribution in [-0.4, -0.2) is 47.0 Å². The number of hydrogen-bond donors (Lipinski definition) is 1. The van der Waals surface area contributed by atoms with E-state index >= 15 is 4.39 Å². The summed E-state index contributed by atoms with van der Waals surface area (Å²) in [5.74, 6) is 0.507. The molecule has 3 heterocycles. The summed E-state index contributed by atoms with van der Waals surface area (Å²) < 4.78 is 18.1. The maximum absolute atomic E-state index is 15.8. The van der Waals surface area contributed by atoms with E-state index in [1.807, 2.05) is 33.2 Å². The number of carbonyl (C=O) groups excluding carboxylic acids is 1. The molecule has 1 aliphatic carbocycles. The molecule has 0 bridgehead atoms. The van der Waals surface area contributed by atoms with Crippen molar-refractivity contribution in [1.29, 1.82) is 0 Å². The van der Waals surface area contributed by atoms with Gasteiger partial charge in [-0.3, -0.25) is 9.69 Å². The molecule has 2 aliphatic heterocycles. The lowest BCUT2D eigenvalue weighted by Crippen LogP contribution is -2.52. The van der Waals surface area contributed by atoms with Crippen molar-refractivity contribution in [3.8, 4) is 0 Å². The van der Waals surface area contributed by atoms with Crippen LogP contribution in [0.1, 0.15) is 48.6 Å². The number of halogens is 3. The molecule has 218 valence electrons. The summed E-state index contributed by atoms with van der Waals surface area (Å²) in [5.41, 5.74) is 4.18. The monoisotopic (exact) mass is 605 g/mol. The highest BCUT2D eigenvalue weighted by Gasteiger charge is 2.63. The predicted molar refractivity (Wildman–Crippen MR) is 167 cm³/mol. The maximum Gasteiger partial charge on any atom is 0.250 e. The zero-order valence-electron chi connectivity index (χ0n) is 24.0. The third-order valence-corrected chi connectivity index (χ3v) is 10.1. The zero-order chi connectivity index (χ0) is 29.3. The van der Waals surface area contributed by atoms with Crippen molar-refractivity contribution in [3.05, 3.63) is 87.4 Å². The molecule has 4 aromatic rings. The van der Waals surface area contributed by atoms with Crippen molar-refractivity contribution >= 4 is 51.5 Å². The van der Waals surface area contributed by atoms with Gasteiger partial charge in [-0.15, -0.1) is 0 Å². The van der Waals surface area contributed by atoms with Crippen LogP contribution in [0.4, 0.5) is 15.8 Å². The second-order valence-electron chi connectivity index (χ2n) is 12.3. The van der Waals surface area contributed by atoms with Crippen LogP contribution in [0.15, 0.2) is 54.6 Å². The molecule has 3 aromatic carbocycles. The molecule has 3 aliphatic rings. The van der Waals surface area contributed by atoms with Gasteiger partial charge in [0.2, 0.25) is 5.91 Å². The summed E-state index contributed by atoms with van der Waals surface area (Å²) in [5, 5.41) is 3.76. The van der Waals surface area contributed by atoms with E-state index in [0.29, 0.717) is 28.6 Å². The predicted octanol–water partition coefficient (Wildman–Crippen LogP) is 7.36. The second-order valence-corrected chi connectivity index (χ2v) is 13.1. The van der Waals surface area contributed by atoms with Crippen LogP contribution in [0, 0.1) is 18.7 Å². The number of hydrogen-bond acceptors (Lipinski definition) is 4. The Labute approximate surface area is 255 Å². The number of likely N-dealkylation sites (tertiary alicyclic amines) is 1. The van der Waals surface area contributed by atoms with E-state index < -0.39 is 17.3 Å². The molecule has 42 heavy (non-hydrogen) atoms. The number of rotatable bonds is 7. The van der Waals surface area contributed by atoms with E-state index in [4.69, 9.17) is 28.2 Å². The van der Waals surface area contributed by atoms with Crippen LogP contribution < -0.4 is 10.2 Å². The Morgan fingerprint density at radius 3 is 2.69 bits per heavy atom. The lowest BCUT2D eigenvalue weighted by Gasteiger charge is -2.40. The van der Waals surface area contributed by atoms with Crippen molar-refractivity contribution in [3.63, 3.8) is 0 Å². The zero-order valence-corrected chi connectivity index (χ0v) is 25.5. The molecule has 0 radical (unpaired) electrons. The minimum atomic E-state index is -1.05. The normalized spacial score (nSPS) is 23.6. The Balaban J connectivity index is 1.32. The number of benzene rings is 3. The fourth-order valence-electron chi connectivity index (χ4n) is 7.35. The average Bonchev–Trinajstić information content (AvgIpc) is 3.56. The molecule has 7 rings (SSSR count). The van der Waals surface area contributed by atoms with Crippen LogP contribution in [-0.2, 0) is 16.9 Å². The first-order chi connectivity index (χ1) is 20.2. The molecular formula is C33H34Cl2FN5O. The van der Waals surface area contributed by atoms with Gasteiger partial charge in [0.1, 0.15) is 17.2 Å². The third kappa shape index (κ3) is 4.31. The highest BCUT2D eigenvalue weighted by molar-refractivity contribution is 6.31.